The lowest BCUT2D eigenvalue weighted by Crippen LogP contribution is -2.44. The summed E-state index contributed by atoms with van der Waals surface area (Å²) in [5.41, 5.74) is 3.81. The molecular weight excluding hydrogens is 466 g/mol. The molecule has 184 valence electrons. The molecule has 0 radical (unpaired) electrons. The van der Waals surface area contributed by atoms with Crippen molar-refractivity contribution in [2.75, 3.05) is 26.2 Å². The third kappa shape index (κ3) is 5.19. The Morgan fingerprint density at radius 1 is 1.09 bits per heavy atom. The van der Waals surface area contributed by atoms with E-state index >= 15 is 0 Å². The second-order valence-corrected chi connectivity index (χ2v) is 9.64. The molecule has 2 aliphatic rings. The first-order chi connectivity index (χ1) is 16.8. The molecular formula is C26H29N3O5S. The molecule has 35 heavy (non-hydrogen) atoms. The second-order valence-electron chi connectivity index (χ2n) is 8.64. The standard InChI is InChI=1S/C26H29N3O5S/c1-4-34-25(32)19-9-8-10-21(14-19)29-17(2)13-20(18(29)3)15-22-24(31)28(26(33)35-22)16-23(30)27-11-6-5-7-12-27/h8-10,13-15H,4-7,11-12,16H2,1-3H3/b22-15-. The average Bonchev–Trinajstić information content (AvgIpc) is 3.28. The summed E-state index contributed by atoms with van der Waals surface area (Å²) in [6, 6.07) is 9.09. The molecule has 0 spiro atoms. The van der Waals surface area contributed by atoms with Gasteiger partial charge < -0.3 is 14.2 Å². The number of esters is 1. The lowest BCUT2D eigenvalue weighted by atomic mass is 10.1. The van der Waals surface area contributed by atoms with Gasteiger partial charge in [0.2, 0.25) is 5.91 Å². The van der Waals surface area contributed by atoms with Gasteiger partial charge in [0.25, 0.3) is 11.1 Å². The predicted molar refractivity (Wildman–Crippen MR) is 134 cm³/mol. The number of hydrogen-bond acceptors (Lipinski definition) is 6. The van der Waals surface area contributed by atoms with Crippen molar-refractivity contribution in [1.29, 1.82) is 0 Å². The molecule has 3 amide bonds. The van der Waals surface area contributed by atoms with Crippen molar-refractivity contribution >= 4 is 40.9 Å². The minimum absolute atomic E-state index is 0.187. The average molecular weight is 496 g/mol. The minimum atomic E-state index is -0.445. The zero-order valence-corrected chi connectivity index (χ0v) is 21.0. The zero-order valence-electron chi connectivity index (χ0n) is 20.2. The fourth-order valence-corrected chi connectivity index (χ4v) is 5.30. The zero-order chi connectivity index (χ0) is 25.1. The predicted octanol–water partition coefficient (Wildman–Crippen LogP) is 4.32. The van der Waals surface area contributed by atoms with Crippen LogP contribution in [-0.4, -0.2) is 63.6 Å². The maximum absolute atomic E-state index is 13.0. The normalized spacial score (nSPS) is 17.4. The topological polar surface area (TPSA) is 88.9 Å². The Morgan fingerprint density at radius 2 is 1.83 bits per heavy atom. The fourth-order valence-electron chi connectivity index (χ4n) is 4.47. The highest BCUT2D eigenvalue weighted by Gasteiger charge is 2.37. The molecule has 0 aliphatic carbocycles. The SMILES string of the molecule is CCOC(=O)c1cccc(-n2c(C)cc(/C=C3\SC(=O)N(CC(=O)N4CCCCC4)C3=O)c2C)c1. The van der Waals surface area contributed by atoms with Crippen LogP contribution in [0.4, 0.5) is 4.79 Å². The summed E-state index contributed by atoms with van der Waals surface area (Å²) < 4.78 is 7.09. The third-order valence-corrected chi connectivity index (χ3v) is 7.16. The number of amides is 3. The summed E-state index contributed by atoms with van der Waals surface area (Å²) in [6.45, 7) is 7.04. The molecule has 4 rings (SSSR count). The lowest BCUT2D eigenvalue weighted by molar-refractivity contribution is -0.136. The Balaban J connectivity index is 1.56. The van der Waals surface area contributed by atoms with Crippen LogP contribution in [0.25, 0.3) is 11.8 Å². The number of aromatic nitrogens is 1. The molecule has 2 aliphatic heterocycles. The van der Waals surface area contributed by atoms with Crippen molar-refractivity contribution in [3.8, 4) is 5.69 Å². The van der Waals surface area contributed by atoms with E-state index in [1.807, 2.05) is 30.5 Å². The fraction of sp³-hybridized carbons (Fsp3) is 0.385. The third-order valence-electron chi connectivity index (χ3n) is 6.25. The van der Waals surface area contributed by atoms with Gasteiger partial charge >= 0.3 is 5.97 Å². The van der Waals surface area contributed by atoms with Crippen LogP contribution < -0.4 is 0 Å². The smallest absolute Gasteiger partial charge is 0.338 e. The molecule has 0 N–H and O–H groups in total. The summed E-state index contributed by atoms with van der Waals surface area (Å²) in [5, 5.41) is -0.428. The van der Waals surface area contributed by atoms with Crippen LogP contribution in [0.3, 0.4) is 0 Å². The molecule has 0 atom stereocenters. The highest BCUT2D eigenvalue weighted by molar-refractivity contribution is 8.18. The van der Waals surface area contributed by atoms with Gasteiger partial charge in [-0.1, -0.05) is 6.07 Å². The van der Waals surface area contributed by atoms with Crippen molar-refractivity contribution < 1.29 is 23.9 Å². The Morgan fingerprint density at radius 3 is 2.54 bits per heavy atom. The van der Waals surface area contributed by atoms with Gasteiger partial charge in [0.05, 0.1) is 17.1 Å². The van der Waals surface area contributed by atoms with Gasteiger partial charge in [-0.25, -0.2) is 4.79 Å². The molecule has 9 heteroatoms. The number of thioether (sulfide) groups is 1. The summed E-state index contributed by atoms with van der Waals surface area (Å²) in [5.74, 6) is -1.02. The van der Waals surface area contributed by atoms with Gasteiger partial charge in [0, 0.05) is 30.2 Å². The van der Waals surface area contributed by atoms with Gasteiger partial charge in [0.1, 0.15) is 6.54 Å². The maximum Gasteiger partial charge on any atom is 0.338 e. The van der Waals surface area contributed by atoms with E-state index in [0.717, 1.165) is 58.6 Å². The summed E-state index contributed by atoms with van der Waals surface area (Å²) >= 11 is 0.854. The first-order valence-corrected chi connectivity index (χ1v) is 12.6. The van der Waals surface area contributed by atoms with Crippen LogP contribution in [-0.2, 0) is 14.3 Å². The van der Waals surface area contributed by atoms with E-state index in [1.54, 1.807) is 36.1 Å². The van der Waals surface area contributed by atoms with Crippen LogP contribution in [0.1, 0.15) is 53.5 Å². The summed E-state index contributed by atoms with van der Waals surface area (Å²) in [7, 11) is 0. The van der Waals surface area contributed by atoms with Gasteiger partial charge in [0.15, 0.2) is 0 Å². The molecule has 2 saturated heterocycles. The summed E-state index contributed by atoms with van der Waals surface area (Å²) in [4.78, 5) is 53.3. The number of carbonyl (C=O) groups excluding carboxylic acids is 4. The monoisotopic (exact) mass is 495 g/mol. The number of imide groups is 1. The number of carbonyl (C=O) groups is 4. The van der Waals surface area contributed by atoms with Gasteiger partial charge in [-0.05, 0) is 87.7 Å². The van der Waals surface area contributed by atoms with Gasteiger partial charge in [-0.2, -0.15) is 0 Å². The summed E-state index contributed by atoms with van der Waals surface area (Å²) in [6.07, 6.45) is 4.70. The van der Waals surface area contributed by atoms with E-state index in [9.17, 15) is 19.2 Å². The number of nitrogens with zero attached hydrogens (tertiary/aromatic N) is 3. The molecule has 2 fully saturated rings. The number of benzene rings is 1. The molecule has 0 unspecified atom stereocenters. The highest BCUT2D eigenvalue weighted by Crippen LogP contribution is 2.34. The Labute approximate surface area is 208 Å². The quantitative estimate of drug-likeness (QED) is 0.438. The van der Waals surface area contributed by atoms with Crippen LogP contribution in [0.5, 0.6) is 0 Å². The number of piperidine rings is 1. The highest BCUT2D eigenvalue weighted by atomic mass is 32.2. The van der Waals surface area contributed by atoms with Crippen LogP contribution in [0.15, 0.2) is 35.2 Å². The van der Waals surface area contributed by atoms with E-state index < -0.39 is 11.1 Å². The first kappa shape index (κ1) is 24.8. The minimum Gasteiger partial charge on any atom is -0.462 e. The van der Waals surface area contributed by atoms with E-state index in [1.165, 1.54) is 0 Å². The molecule has 1 aromatic carbocycles. The van der Waals surface area contributed by atoms with Crippen molar-refractivity contribution in [2.24, 2.45) is 0 Å². The van der Waals surface area contributed by atoms with Crippen molar-refractivity contribution in [2.45, 2.75) is 40.0 Å². The van der Waals surface area contributed by atoms with E-state index in [2.05, 4.69) is 0 Å². The van der Waals surface area contributed by atoms with Gasteiger partial charge in [-0.3, -0.25) is 19.3 Å². The van der Waals surface area contributed by atoms with Crippen LogP contribution in [0.2, 0.25) is 0 Å². The first-order valence-electron chi connectivity index (χ1n) is 11.8. The maximum atomic E-state index is 13.0. The number of hydrogen-bond donors (Lipinski definition) is 0. The van der Waals surface area contributed by atoms with Crippen LogP contribution in [0, 0.1) is 13.8 Å². The van der Waals surface area contributed by atoms with Crippen molar-refractivity contribution in [3.05, 3.63) is 57.8 Å². The molecule has 8 nitrogen and oxygen atoms in total. The number of aryl methyl sites for hydroxylation is 1. The second kappa shape index (κ2) is 10.5. The molecule has 1 aromatic heterocycles. The lowest BCUT2D eigenvalue weighted by Gasteiger charge is -2.27. The number of rotatable bonds is 6. The molecule has 0 bridgehead atoms. The van der Waals surface area contributed by atoms with Crippen molar-refractivity contribution in [3.63, 3.8) is 0 Å². The van der Waals surface area contributed by atoms with E-state index in [4.69, 9.17) is 4.74 Å². The van der Waals surface area contributed by atoms with Crippen LogP contribution >= 0.6 is 11.8 Å². The Hall–Kier alpha value is -3.33. The number of likely N-dealkylation sites (tertiary alicyclic amines) is 1. The largest absolute Gasteiger partial charge is 0.462 e. The van der Waals surface area contributed by atoms with Crippen molar-refractivity contribution in [1.82, 2.24) is 14.4 Å². The van der Waals surface area contributed by atoms with E-state index in [0.29, 0.717) is 30.2 Å². The number of ether oxygens (including phenoxy) is 1. The Bertz CT molecular complexity index is 1210. The molecule has 2 aromatic rings. The Kier molecular flexibility index (Phi) is 7.45. The molecule has 0 saturated carbocycles. The molecule has 3 heterocycles. The van der Waals surface area contributed by atoms with Gasteiger partial charge in [-0.15, -0.1) is 0 Å². The van der Waals surface area contributed by atoms with E-state index in [-0.39, 0.29) is 18.4 Å².